The predicted molar refractivity (Wildman–Crippen MR) is 146 cm³/mol. The van der Waals surface area contributed by atoms with Gasteiger partial charge >= 0.3 is 6.09 Å². The largest absolute Gasteiger partial charge is 0.453 e. The van der Waals surface area contributed by atoms with E-state index in [0.717, 1.165) is 5.56 Å². The molecule has 11 nitrogen and oxygen atoms in total. The number of ether oxygens (including phenoxy) is 1. The minimum atomic E-state index is -0.903. The van der Waals surface area contributed by atoms with Gasteiger partial charge in [0.1, 0.15) is 12.4 Å². The van der Waals surface area contributed by atoms with Gasteiger partial charge in [-0.25, -0.2) is 4.79 Å². The van der Waals surface area contributed by atoms with Gasteiger partial charge in [0.2, 0.25) is 11.8 Å². The van der Waals surface area contributed by atoms with Crippen LogP contribution >= 0.6 is 11.6 Å². The fourth-order valence-electron chi connectivity index (χ4n) is 3.66. The highest BCUT2D eigenvalue weighted by atomic mass is 35.5. The van der Waals surface area contributed by atoms with Crippen molar-refractivity contribution in [3.63, 3.8) is 0 Å². The summed E-state index contributed by atoms with van der Waals surface area (Å²) in [4.78, 5) is 37.7. The van der Waals surface area contributed by atoms with Crippen molar-refractivity contribution in [2.24, 2.45) is 0 Å². The summed E-state index contributed by atoms with van der Waals surface area (Å²) >= 11 is 6.16. The molecule has 0 aliphatic rings. The van der Waals surface area contributed by atoms with E-state index >= 15 is 0 Å². The molecule has 39 heavy (non-hydrogen) atoms. The summed E-state index contributed by atoms with van der Waals surface area (Å²) in [5, 5.41) is 19.7. The molecule has 0 bridgehead atoms. The van der Waals surface area contributed by atoms with E-state index in [1.165, 1.54) is 24.2 Å². The Balaban J connectivity index is 1.51. The van der Waals surface area contributed by atoms with Crippen molar-refractivity contribution in [3.8, 4) is 5.69 Å². The third-order valence-electron chi connectivity index (χ3n) is 5.48. The number of benzene rings is 3. The highest BCUT2D eigenvalue weighted by molar-refractivity contribution is 6.30. The molecule has 3 aromatic carbocycles. The third-order valence-corrected chi connectivity index (χ3v) is 5.71. The van der Waals surface area contributed by atoms with Crippen LogP contribution in [0.5, 0.6) is 0 Å². The van der Waals surface area contributed by atoms with Crippen LogP contribution in [0.25, 0.3) is 11.8 Å². The van der Waals surface area contributed by atoms with Crippen LogP contribution in [-0.2, 0) is 20.7 Å². The Labute approximate surface area is 228 Å². The van der Waals surface area contributed by atoms with Crippen LogP contribution in [0.1, 0.15) is 11.1 Å². The molecule has 3 N–H and O–H groups in total. The fourth-order valence-corrected chi connectivity index (χ4v) is 3.84. The van der Waals surface area contributed by atoms with Gasteiger partial charge in [-0.05, 0) is 58.5 Å². The molecule has 4 rings (SSSR count). The quantitative estimate of drug-likeness (QED) is 0.271. The highest BCUT2D eigenvalue weighted by Crippen LogP contribution is 2.20. The number of aromatic nitrogens is 4. The van der Waals surface area contributed by atoms with Crippen LogP contribution in [0, 0.1) is 0 Å². The molecular formula is C27H24ClN7O4. The molecule has 0 aliphatic carbocycles. The van der Waals surface area contributed by atoms with E-state index in [2.05, 4.69) is 36.2 Å². The van der Waals surface area contributed by atoms with Gasteiger partial charge in [-0.1, -0.05) is 48.0 Å². The van der Waals surface area contributed by atoms with E-state index in [1.807, 2.05) is 30.3 Å². The van der Waals surface area contributed by atoms with E-state index in [1.54, 1.807) is 48.5 Å². The molecule has 0 fully saturated rings. The van der Waals surface area contributed by atoms with Crippen molar-refractivity contribution >= 4 is 47.0 Å². The molecule has 1 unspecified atom stereocenters. The summed E-state index contributed by atoms with van der Waals surface area (Å²) in [6.07, 6.45) is 3.92. The average Bonchev–Trinajstić information content (AvgIpc) is 3.47. The Bertz CT molecular complexity index is 1480. The lowest BCUT2D eigenvalue weighted by Gasteiger charge is -2.18. The monoisotopic (exact) mass is 545 g/mol. The first-order chi connectivity index (χ1) is 18.9. The van der Waals surface area contributed by atoms with Crippen LogP contribution in [0.3, 0.4) is 0 Å². The van der Waals surface area contributed by atoms with Crippen molar-refractivity contribution in [2.45, 2.75) is 12.5 Å². The zero-order chi connectivity index (χ0) is 27.6. The number of hydrogen-bond acceptors (Lipinski definition) is 7. The van der Waals surface area contributed by atoms with Crippen LogP contribution < -0.4 is 16.0 Å². The summed E-state index contributed by atoms with van der Waals surface area (Å²) in [5.74, 6) is -0.928. The molecule has 1 atom stereocenters. The predicted octanol–water partition coefficient (Wildman–Crippen LogP) is 3.87. The van der Waals surface area contributed by atoms with Gasteiger partial charge in [-0.15, -0.1) is 5.10 Å². The number of carbonyl (C=O) groups is 3. The maximum absolute atomic E-state index is 13.3. The molecule has 0 saturated carbocycles. The number of nitrogens with one attached hydrogen (secondary N) is 3. The third kappa shape index (κ3) is 7.73. The SMILES string of the molecule is COC(=O)Nc1cccc(NC(=O)C(Cc2ccccc2)NC(=O)C=Cc2cc(Cl)ccc2-n2cnnn2)c1. The Morgan fingerprint density at radius 1 is 1.00 bits per heavy atom. The van der Waals surface area contributed by atoms with E-state index in [9.17, 15) is 14.4 Å². The van der Waals surface area contributed by atoms with Crippen molar-refractivity contribution in [3.05, 3.63) is 101 Å². The van der Waals surface area contributed by atoms with E-state index < -0.39 is 23.9 Å². The molecule has 0 saturated heterocycles. The number of amides is 3. The van der Waals surface area contributed by atoms with Gasteiger partial charge in [0.25, 0.3) is 0 Å². The van der Waals surface area contributed by atoms with Crippen molar-refractivity contribution in [1.29, 1.82) is 0 Å². The Kier molecular flexibility index (Phi) is 8.99. The molecule has 4 aromatic rings. The summed E-state index contributed by atoms with van der Waals surface area (Å²) in [6, 6.07) is 20.1. The topological polar surface area (TPSA) is 140 Å². The molecule has 0 radical (unpaired) electrons. The number of rotatable bonds is 9. The number of hydrogen-bond donors (Lipinski definition) is 3. The molecule has 0 spiro atoms. The first-order valence-electron chi connectivity index (χ1n) is 11.7. The van der Waals surface area contributed by atoms with Crippen molar-refractivity contribution in [1.82, 2.24) is 25.5 Å². The lowest BCUT2D eigenvalue weighted by molar-refractivity contribution is -0.123. The maximum atomic E-state index is 13.3. The zero-order valence-electron chi connectivity index (χ0n) is 20.7. The first-order valence-corrected chi connectivity index (χ1v) is 12.1. The number of methoxy groups -OCH3 is 1. The molecular weight excluding hydrogens is 522 g/mol. The normalized spacial score (nSPS) is 11.5. The molecule has 0 aliphatic heterocycles. The Hall–Kier alpha value is -5.03. The van der Waals surface area contributed by atoms with Crippen LogP contribution in [-0.4, -0.2) is 51.3 Å². The van der Waals surface area contributed by atoms with E-state index in [0.29, 0.717) is 27.6 Å². The zero-order valence-corrected chi connectivity index (χ0v) is 21.5. The summed E-state index contributed by atoms with van der Waals surface area (Å²) in [7, 11) is 1.26. The van der Waals surface area contributed by atoms with Crippen LogP contribution in [0.2, 0.25) is 5.02 Å². The van der Waals surface area contributed by atoms with Gasteiger partial charge in [-0.2, -0.15) is 4.68 Å². The first kappa shape index (κ1) is 27.0. The van der Waals surface area contributed by atoms with Crippen molar-refractivity contribution < 1.29 is 19.1 Å². The van der Waals surface area contributed by atoms with Gasteiger partial charge in [-0.3, -0.25) is 14.9 Å². The fraction of sp³-hybridized carbons (Fsp3) is 0.111. The van der Waals surface area contributed by atoms with E-state index in [-0.39, 0.29) is 6.42 Å². The van der Waals surface area contributed by atoms with E-state index in [4.69, 9.17) is 11.6 Å². The minimum absolute atomic E-state index is 0.249. The highest BCUT2D eigenvalue weighted by Gasteiger charge is 2.21. The van der Waals surface area contributed by atoms with Crippen LogP contribution in [0.4, 0.5) is 16.2 Å². The van der Waals surface area contributed by atoms with Gasteiger partial charge in [0.15, 0.2) is 0 Å². The minimum Gasteiger partial charge on any atom is -0.453 e. The second-order valence-corrected chi connectivity index (χ2v) is 8.66. The van der Waals surface area contributed by atoms with Crippen molar-refractivity contribution in [2.75, 3.05) is 17.7 Å². The average molecular weight is 546 g/mol. The number of nitrogens with zero attached hydrogens (tertiary/aromatic N) is 4. The second-order valence-electron chi connectivity index (χ2n) is 8.23. The Morgan fingerprint density at radius 2 is 1.77 bits per heavy atom. The smallest absolute Gasteiger partial charge is 0.411 e. The maximum Gasteiger partial charge on any atom is 0.411 e. The molecule has 1 aromatic heterocycles. The standard InChI is InChI=1S/C27H24ClN7O4/c1-39-27(38)31-22-9-5-8-21(16-22)30-26(37)23(14-18-6-3-2-4-7-18)32-25(36)13-10-19-15-20(28)11-12-24(19)35-17-29-33-34-35/h2-13,15-17,23H,14H2,1H3,(H,30,37)(H,31,38)(H,32,36). The lowest BCUT2D eigenvalue weighted by Crippen LogP contribution is -2.44. The number of carbonyl (C=O) groups excluding carboxylic acids is 3. The Morgan fingerprint density at radius 3 is 2.49 bits per heavy atom. The lowest BCUT2D eigenvalue weighted by atomic mass is 10.0. The van der Waals surface area contributed by atoms with Gasteiger partial charge in [0.05, 0.1) is 12.8 Å². The summed E-state index contributed by atoms with van der Waals surface area (Å²) in [6.45, 7) is 0. The number of tetrazole rings is 1. The van der Waals surface area contributed by atoms with Crippen LogP contribution in [0.15, 0.2) is 85.2 Å². The number of halogens is 1. The molecule has 1 heterocycles. The summed E-state index contributed by atoms with van der Waals surface area (Å²) < 4.78 is 6.05. The number of anilines is 2. The van der Waals surface area contributed by atoms with Gasteiger partial charge < -0.3 is 15.4 Å². The van der Waals surface area contributed by atoms with Gasteiger partial charge in [0, 0.05) is 34.5 Å². The second kappa shape index (κ2) is 13.0. The summed E-state index contributed by atoms with van der Waals surface area (Å²) in [5.41, 5.74) is 2.95. The molecule has 3 amide bonds. The molecule has 198 valence electrons. The molecule has 12 heteroatoms.